The van der Waals surface area contributed by atoms with E-state index in [1.54, 1.807) is 6.20 Å². The Morgan fingerprint density at radius 1 is 1.05 bits per heavy atom. The molecule has 3 rings (SSSR count). The molecular formula is C17H15BrN2O. The van der Waals surface area contributed by atoms with Crippen molar-refractivity contribution in [2.75, 3.05) is 11.9 Å². The van der Waals surface area contributed by atoms with Crippen LogP contribution in [0.15, 0.2) is 65.3 Å². The number of nitrogens with one attached hydrogen (secondary N) is 1. The van der Waals surface area contributed by atoms with Crippen LogP contribution in [0.3, 0.4) is 0 Å². The first-order chi connectivity index (χ1) is 10.3. The smallest absolute Gasteiger partial charge is 0.0864 e. The lowest BCUT2D eigenvalue weighted by molar-refractivity contribution is 0.276. The third-order valence-electron chi connectivity index (χ3n) is 3.44. The largest absolute Gasteiger partial charge is 0.394 e. The Balaban J connectivity index is 1.99. The SMILES string of the molecule is OCC(Nc1ccnc2c(Br)cccc12)c1ccccc1. The molecule has 0 aliphatic carbocycles. The maximum Gasteiger partial charge on any atom is 0.0864 e. The Hall–Kier alpha value is -1.91. The third kappa shape index (κ3) is 2.91. The summed E-state index contributed by atoms with van der Waals surface area (Å²) in [7, 11) is 0. The van der Waals surface area contributed by atoms with E-state index in [1.165, 1.54) is 0 Å². The van der Waals surface area contributed by atoms with Gasteiger partial charge in [0.25, 0.3) is 0 Å². The van der Waals surface area contributed by atoms with Gasteiger partial charge in [-0.2, -0.15) is 0 Å². The summed E-state index contributed by atoms with van der Waals surface area (Å²) in [5.41, 5.74) is 2.93. The summed E-state index contributed by atoms with van der Waals surface area (Å²) in [6, 6.07) is 17.7. The molecule has 1 heterocycles. The summed E-state index contributed by atoms with van der Waals surface area (Å²) >= 11 is 3.52. The normalized spacial score (nSPS) is 12.3. The van der Waals surface area contributed by atoms with E-state index in [2.05, 4.69) is 26.2 Å². The van der Waals surface area contributed by atoms with Crippen molar-refractivity contribution in [3.63, 3.8) is 0 Å². The molecule has 0 spiro atoms. The van der Waals surface area contributed by atoms with Gasteiger partial charge in [-0.1, -0.05) is 42.5 Å². The predicted molar refractivity (Wildman–Crippen MR) is 89.3 cm³/mol. The van der Waals surface area contributed by atoms with Crippen molar-refractivity contribution in [1.29, 1.82) is 0 Å². The van der Waals surface area contributed by atoms with E-state index in [-0.39, 0.29) is 12.6 Å². The summed E-state index contributed by atoms with van der Waals surface area (Å²) in [4.78, 5) is 4.40. The van der Waals surface area contributed by atoms with Crippen molar-refractivity contribution in [3.05, 3.63) is 70.8 Å². The first-order valence-corrected chi connectivity index (χ1v) is 7.54. The molecule has 0 amide bonds. The molecular weight excluding hydrogens is 328 g/mol. The lowest BCUT2D eigenvalue weighted by atomic mass is 10.1. The molecule has 0 bridgehead atoms. The van der Waals surface area contributed by atoms with E-state index in [1.807, 2.05) is 54.6 Å². The van der Waals surface area contributed by atoms with Gasteiger partial charge in [-0.3, -0.25) is 4.98 Å². The molecule has 4 heteroatoms. The van der Waals surface area contributed by atoms with Gasteiger partial charge in [-0.15, -0.1) is 0 Å². The monoisotopic (exact) mass is 342 g/mol. The van der Waals surface area contributed by atoms with E-state index < -0.39 is 0 Å². The molecule has 2 aromatic carbocycles. The lowest BCUT2D eigenvalue weighted by Gasteiger charge is -2.19. The number of halogens is 1. The lowest BCUT2D eigenvalue weighted by Crippen LogP contribution is -2.15. The number of benzene rings is 2. The topological polar surface area (TPSA) is 45.1 Å². The minimum atomic E-state index is -0.143. The molecule has 0 saturated carbocycles. The minimum Gasteiger partial charge on any atom is -0.394 e. The minimum absolute atomic E-state index is 0.0296. The number of hydrogen-bond acceptors (Lipinski definition) is 3. The average Bonchev–Trinajstić information content (AvgIpc) is 2.54. The van der Waals surface area contributed by atoms with Gasteiger partial charge in [-0.05, 0) is 33.6 Å². The van der Waals surface area contributed by atoms with Gasteiger partial charge in [0.05, 0.1) is 18.2 Å². The van der Waals surface area contributed by atoms with Gasteiger partial charge >= 0.3 is 0 Å². The fraction of sp³-hybridized carbons (Fsp3) is 0.118. The fourth-order valence-corrected chi connectivity index (χ4v) is 2.84. The molecule has 0 aliphatic heterocycles. The third-order valence-corrected chi connectivity index (χ3v) is 4.08. The quantitative estimate of drug-likeness (QED) is 0.748. The van der Waals surface area contributed by atoms with Crippen LogP contribution in [0.5, 0.6) is 0 Å². The molecule has 0 saturated heterocycles. The second-order valence-electron chi connectivity index (χ2n) is 4.78. The predicted octanol–water partition coefficient (Wildman–Crippen LogP) is 4.14. The first kappa shape index (κ1) is 14.0. The molecule has 1 aromatic heterocycles. The van der Waals surface area contributed by atoms with Crippen molar-refractivity contribution >= 4 is 32.5 Å². The van der Waals surface area contributed by atoms with Crippen LogP contribution < -0.4 is 5.32 Å². The Morgan fingerprint density at radius 3 is 2.62 bits per heavy atom. The maximum absolute atomic E-state index is 9.68. The zero-order valence-corrected chi connectivity index (χ0v) is 12.9. The van der Waals surface area contributed by atoms with Gasteiger partial charge < -0.3 is 10.4 Å². The van der Waals surface area contributed by atoms with Crippen molar-refractivity contribution in [3.8, 4) is 0 Å². The average molecular weight is 343 g/mol. The van der Waals surface area contributed by atoms with E-state index in [0.29, 0.717) is 0 Å². The number of aromatic nitrogens is 1. The van der Waals surface area contributed by atoms with E-state index >= 15 is 0 Å². The Labute approximate surface area is 131 Å². The summed E-state index contributed by atoms with van der Waals surface area (Å²) in [6.07, 6.45) is 1.77. The van der Waals surface area contributed by atoms with E-state index in [0.717, 1.165) is 26.6 Å². The number of hydrogen-bond donors (Lipinski definition) is 2. The number of aliphatic hydroxyl groups excluding tert-OH is 1. The molecule has 0 fully saturated rings. The Bertz CT molecular complexity index is 746. The van der Waals surface area contributed by atoms with E-state index in [9.17, 15) is 5.11 Å². The van der Waals surface area contributed by atoms with Crippen LogP contribution in [-0.2, 0) is 0 Å². The molecule has 3 nitrogen and oxygen atoms in total. The van der Waals surface area contributed by atoms with Crippen LogP contribution in [0.4, 0.5) is 5.69 Å². The number of anilines is 1. The summed E-state index contributed by atoms with van der Waals surface area (Å²) < 4.78 is 0.962. The molecule has 0 aliphatic rings. The molecule has 3 aromatic rings. The second-order valence-corrected chi connectivity index (χ2v) is 5.64. The highest BCUT2D eigenvalue weighted by molar-refractivity contribution is 9.10. The summed E-state index contributed by atoms with van der Waals surface area (Å²) in [6.45, 7) is 0.0296. The highest BCUT2D eigenvalue weighted by Gasteiger charge is 2.12. The van der Waals surface area contributed by atoms with Gasteiger partial charge in [0.2, 0.25) is 0 Å². The number of nitrogens with zero attached hydrogens (tertiary/aromatic N) is 1. The second kappa shape index (κ2) is 6.24. The van der Waals surface area contributed by atoms with Crippen LogP contribution in [0.2, 0.25) is 0 Å². The highest BCUT2D eigenvalue weighted by atomic mass is 79.9. The van der Waals surface area contributed by atoms with Crippen LogP contribution in [0, 0.1) is 0 Å². The zero-order valence-electron chi connectivity index (χ0n) is 11.3. The Kier molecular flexibility index (Phi) is 4.18. The summed E-state index contributed by atoms with van der Waals surface area (Å²) in [5.74, 6) is 0. The number of aliphatic hydroxyl groups is 1. The number of pyridine rings is 1. The van der Waals surface area contributed by atoms with Crippen molar-refractivity contribution in [2.24, 2.45) is 0 Å². The number of rotatable bonds is 4. The molecule has 0 radical (unpaired) electrons. The number of fused-ring (bicyclic) bond motifs is 1. The Morgan fingerprint density at radius 2 is 1.86 bits per heavy atom. The van der Waals surface area contributed by atoms with Crippen molar-refractivity contribution < 1.29 is 5.11 Å². The van der Waals surface area contributed by atoms with Crippen LogP contribution in [0.1, 0.15) is 11.6 Å². The van der Waals surface area contributed by atoms with Gasteiger partial charge in [0.1, 0.15) is 0 Å². The number of para-hydroxylation sites is 1. The van der Waals surface area contributed by atoms with Crippen LogP contribution in [-0.4, -0.2) is 16.7 Å². The molecule has 1 unspecified atom stereocenters. The maximum atomic E-state index is 9.68. The molecule has 2 N–H and O–H groups in total. The molecule has 1 atom stereocenters. The zero-order chi connectivity index (χ0) is 14.7. The van der Waals surface area contributed by atoms with Crippen molar-refractivity contribution in [2.45, 2.75) is 6.04 Å². The molecule has 106 valence electrons. The highest BCUT2D eigenvalue weighted by Crippen LogP contribution is 2.29. The van der Waals surface area contributed by atoms with Gasteiger partial charge in [0.15, 0.2) is 0 Å². The van der Waals surface area contributed by atoms with Crippen LogP contribution >= 0.6 is 15.9 Å². The van der Waals surface area contributed by atoms with E-state index in [4.69, 9.17) is 0 Å². The van der Waals surface area contributed by atoms with Gasteiger partial charge in [-0.25, -0.2) is 0 Å². The molecule has 21 heavy (non-hydrogen) atoms. The van der Waals surface area contributed by atoms with Crippen LogP contribution in [0.25, 0.3) is 10.9 Å². The van der Waals surface area contributed by atoms with Crippen molar-refractivity contribution in [1.82, 2.24) is 4.98 Å². The fourth-order valence-electron chi connectivity index (χ4n) is 2.37. The standard InChI is InChI=1S/C17H15BrN2O/c18-14-8-4-7-13-15(9-10-19-17(13)14)20-16(11-21)12-5-2-1-3-6-12/h1-10,16,21H,11H2,(H,19,20). The summed E-state index contributed by atoms with van der Waals surface area (Å²) in [5, 5.41) is 14.1. The first-order valence-electron chi connectivity index (χ1n) is 6.75. The van der Waals surface area contributed by atoms with Gasteiger partial charge in [0, 0.05) is 21.7 Å².